The van der Waals surface area contributed by atoms with Gasteiger partial charge in [0.25, 0.3) is 0 Å². The van der Waals surface area contributed by atoms with E-state index in [4.69, 9.17) is 0 Å². The van der Waals surface area contributed by atoms with Gasteiger partial charge < -0.3 is 10.6 Å². The highest BCUT2D eigenvalue weighted by Crippen LogP contribution is 2.36. The maximum Gasteiger partial charge on any atom is 0.233 e. The molecule has 3 heteroatoms. The minimum Gasteiger partial charge on any atom is -0.355 e. The van der Waals surface area contributed by atoms with Crippen molar-refractivity contribution in [3.63, 3.8) is 0 Å². The van der Waals surface area contributed by atoms with Gasteiger partial charge in [-0.1, -0.05) is 37.3 Å². The first-order valence-electron chi connectivity index (χ1n) is 6.84. The number of nitrogens with one attached hydrogen (secondary N) is 2. The highest BCUT2D eigenvalue weighted by atomic mass is 16.1. The zero-order chi connectivity index (χ0) is 12.8. The van der Waals surface area contributed by atoms with E-state index >= 15 is 0 Å². The standard InChI is InChI=1S/C15H22N2O/c1-2-8-16-15(18)11-17-14-9-13(10-14)12-6-4-3-5-7-12/h3-7,13-14,17H,2,8-11H2,1H3,(H,16,18). The number of rotatable bonds is 6. The van der Waals surface area contributed by atoms with Crippen LogP contribution in [0.5, 0.6) is 0 Å². The lowest BCUT2D eigenvalue weighted by molar-refractivity contribution is -0.120. The lowest BCUT2D eigenvalue weighted by atomic mass is 9.76. The molecule has 1 saturated carbocycles. The van der Waals surface area contributed by atoms with Crippen LogP contribution in [0.3, 0.4) is 0 Å². The van der Waals surface area contributed by atoms with Crippen LogP contribution in [0.25, 0.3) is 0 Å². The van der Waals surface area contributed by atoms with E-state index in [9.17, 15) is 4.79 Å². The average molecular weight is 246 g/mol. The molecule has 3 nitrogen and oxygen atoms in total. The van der Waals surface area contributed by atoms with Gasteiger partial charge >= 0.3 is 0 Å². The van der Waals surface area contributed by atoms with Crippen LogP contribution in [0.2, 0.25) is 0 Å². The molecular formula is C15H22N2O. The molecule has 1 amide bonds. The molecule has 1 aromatic carbocycles. The van der Waals surface area contributed by atoms with Gasteiger partial charge in [0.05, 0.1) is 6.54 Å². The van der Waals surface area contributed by atoms with Crippen molar-refractivity contribution >= 4 is 5.91 Å². The molecule has 1 aromatic rings. The van der Waals surface area contributed by atoms with Gasteiger partial charge in [0.2, 0.25) is 5.91 Å². The fourth-order valence-electron chi connectivity index (χ4n) is 2.35. The van der Waals surface area contributed by atoms with Gasteiger partial charge in [-0.3, -0.25) is 4.79 Å². The zero-order valence-corrected chi connectivity index (χ0v) is 11.0. The van der Waals surface area contributed by atoms with Gasteiger partial charge in [0, 0.05) is 12.6 Å². The Morgan fingerprint density at radius 2 is 2.00 bits per heavy atom. The molecule has 1 aliphatic rings. The molecule has 1 fully saturated rings. The van der Waals surface area contributed by atoms with Crippen molar-refractivity contribution in [2.24, 2.45) is 0 Å². The number of carbonyl (C=O) groups is 1. The summed E-state index contributed by atoms with van der Waals surface area (Å²) in [7, 11) is 0. The van der Waals surface area contributed by atoms with Crippen LogP contribution >= 0.6 is 0 Å². The second-order valence-corrected chi connectivity index (χ2v) is 5.01. The van der Waals surface area contributed by atoms with Crippen molar-refractivity contribution in [3.8, 4) is 0 Å². The molecule has 0 aliphatic heterocycles. The van der Waals surface area contributed by atoms with E-state index in [1.807, 2.05) is 0 Å². The molecule has 1 aliphatic carbocycles. The van der Waals surface area contributed by atoms with Crippen molar-refractivity contribution in [2.45, 2.75) is 38.1 Å². The van der Waals surface area contributed by atoms with Crippen LogP contribution in [0, 0.1) is 0 Å². The predicted molar refractivity (Wildman–Crippen MR) is 73.5 cm³/mol. The number of hydrogen-bond donors (Lipinski definition) is 2. The van der Waals surface area contributed by atoms with Crippen molar-refractivity contribution in [1.82, 2.24) is 10.6 Å². The summed E-state index contributed by atoms with van der Waals surface area (Å²) in [6.07, 6.45) is 3.28. The SMILES string of the molecule is CCCNC(=O)CNC1CC(c2ccccc2)C1. The third-order valence-electron chi connectivity index (χ3n) is 3.53. The first-order chi connectivity index (χ1) is 8.79. The third-order valence-corrected chi connectivity index (χ3v) is 3.53. The molecule has 0 aromatic heterocycles. The minimum atomic E-state index is 0.111. The van der Waals surface area contributed by atoms with Gasteiger partial charge in [-0.05, 0) is 30.7 Å². The Hall–Kier alpha value is -1.35. The lowest BCUT2D eigenvalue weighted by Crippen LogP contribution is -2.45. The van der Waals surface area contributed by atoms with E-state index in [-0.39, 0.29) is 5.91 Å². The summed E-state index contributed by atoms with van der Waals surface area (Å²) in [5, 5.41) is 6.19. The molecule has 0 heterocycles. The molecule has 0 saturated heterocycles. The Labute approximate surface area is 109 Å². The molecule has 0 atom stereocenters. The Balaban J connectivity index is 1.63. The smallest absolute Gasteiger partial charge is 0.233 e. The van der Waals surface area contributed by atoms with Crippen LogP contribution < -0.4 is 10.6 Å². The van der Waals surface area contributed by atoms with Gasteiger partial charge in [-0.15, -0.1) is 0 Å². The van der Waals surface area contributed by atoms with Crippen molar-refractivity contribution < 1.29 is 4.79 Å². The maximum atomic E-state index is 11.4. The van der Waals surface area contributed by atoms with Crippen LogP contribution in [0.1, 0.15) is 37.7 Å². The molecule has 0 bridgehead atoms. The Kier molecular flexibility index (Phi) is 4.76. The summed E-state index contributed by atoms with van der Waals surface area (Å²) < 4.78 is 0. The Bertz CT molecular complexity index is 371. The number of carbonyl (C=O) groups excluding carboxylic acids is 1. The zero-order valence-electron chi connectivity index (χ0n) is 11.0. The molecule has 2 rings (SSSR count). The van der Waals surface area contributed by atoms with E-state index in [0.29, 0.717) is 18.5 Å². The quantitative estimate of drug-likeness (QED) is 0.806. The first-order valence-corrected chi connectivity index (χ1v) is 6.84. The molecule has 18 heavy (non-hydrogen) atoms. The fourth-order valence-corrected chi connectivity index (χ4v) is 2.35. The minimum absolute atomic E-state index is 0.111. The number of amides is 1. The third kappa shape index (κ3) is 3.57. The largest absolute Gasteiger partial charge is 0.355 e. The van der Waals surface area contributed by atoms with E-state index < -0.39 is 0 Å². The summed E-state index contributed by atoms with van der Waals surface area (Å²) in [5.41, 5.74) is 1.42. The van der Waals surface area contributed by atoms with Crippen molar-refractivity contribution in [3.05, 3.63) is 35.9 Å². The van der Waals surface area contributed by atoms with Crippen molar-refractivity contribution in [2.75, 3.05) is 13.1 Å². The monoisotopic (exact) mass is 246 g/mol. The summed E-state index contributed by atoms with van der Waals surface area (Å²) in [5.74, 6) is 0.780. The summed E-state index contributed by atoms with van der Waals surface area (Å²) in [6, 6.07) is 11.1. The van der Waals surface area contributed by atoms with Gasteiger partial charge in [0.1, 0.15) is 0 Å². The van der Waals surface area contributed by atoms with Crippen molar-refractivity contribution in [1.29, 1.82) is 0 Å². The average Bonchev–Trinajstić information content (AvgIpc) is 2.35. The fraction of sp³-hybridized carbons (Fsp3) is 0.533. The molecule has 98 valence electrons. The lowest BCUT2D eigenvalue weighted by Gasteiger charge is -2.36. The van der Waals surface area contributed by atoms with E-state index in [0.717, 1.165) is 25.8 Å². The molecule has 0 spiro atoms. The van der Waals surface area contributed by atoms with Crippen LogP contribution in [0.4, 0.5) is 0 Å². The molecule has 0 unspecified atom stereocenters. The van der Waals surface area contributed by atoms with Crippen LogP contribution in [-0.2, 0) is 4.79 Å². The predicted octanol–water partition coefficient (Wildman–Crippen LogP) is 2.05. The summed E-state index contributed by atoms with van der Waals surface area (Å²) >= 11 is 0. The van der Waals surface area contributed by atoms with Gasteiger partial charge in [0.15, 0.2) is 0 Å². The normalized spacial score (nSPS) is 22.3. The number of benzene rings is 1. The Morgan fingerprint density at radius 1 is 1.28 bits per heavy atom. The van der Waals surface area contributed by atoms with E-state index in [1.54, 1.807) is 0 Å². The van der Waals surface area contributed by atoms with Gasteiger partial charge in [-0.25, -0.2) is 0 Å². The topological polar surface area (TPSA) is 41.1 Å². The molecule has 0 radical (unpaired) electrons. The second kappa shape index (κ2) is 6.55. The van der Waals surface area contributed by atoms with Crippen LogP contribution in [-0.4, -0.2) is 25.0 Å². The highest BCUT2D eigenvalue weighted by Gasteiger charge is 2.29. The maximum absolute atomic E-state index is 11.4. The number of hydrogen-bond acceptors (Lipinski definition) is 2. The second-order valence-electron chi connectivity index (χ2n) is 5.01. The van der Waals surface area contributed by atoms with E-state index in [2.05, 4.69) is 47.9 Å². The molecule has 2 N–H and O–H groups in total. The van der Waals surface area contributed by atoms with Crippen LogP contribution in [0.15, 0.2) is 30.3 Å². The van der Waals surface area contributed by atoms with E-state index in [1.165, 1.54) is 5.56 Å². The highest BCUT2D eigenvalue weighted by molar-refractivity contribution is 5.77. The van der Waals surface area contributed by atoms with Gasteiger partial charge in [-0.2, -0.15) is 0 Å². The first kappa shape index (κ1) is 13.1. The Morgan fingerprint density at radius 3 is 2.67 bits per heavy atom. The summed E-state index contributed by atoms with van der Waals surface area (Å²) in [4.78, 5) is 11.4. The molecular weight excluding hydrogens is 224 g/mol. The summed E-state index contributed by atoms with van der Waals surface area (Å²) in [6.45, 7) is 3.29.